The minimum atomic E-state index is -0.598. The highest BCUT2D eigenvalue weighted by Crippen LogP contribution is 2.34. The summed E-state index contributed by atoms with van der Waals surface area (Å²) in [5.41, 5.74) is 8.80. The standard InChI is InChI=1S/C25H31N3O2/c1-5-13-30-22-12-8-11-20(16-22)19-10-7-9-18(14-19)15-21(6-2)25(3)17-23(29)28(4)24(26)27-25/h6-12,14,16,21H,2,5,13,15,17H2,1,3-4H3,(H2,26,27)/t21-,25+/m1/s1. The van der Waals surface area contributed by atoms with Crippen LogP contribution in [0.3, 0.4) is 0 Å². The van der Waals surface area contributed by atoms with Crippen molar-refractivity contribution in [3.63, 3.8) is 0 Å². The number of hydrogen-bond donors (Lipinski definition) is 1. The van der Waals surface area contributed by atoms with Gasteiger partial charge in [-0.3, -0.25) is 9.69 Å². The first kappa shape index (κ1) is 21.6. The van der Waals surface area contributed by atoms with Crippen LogP contribution in [0.5, 0.6) is 5.75 Å². The Labute approximate surface area is 179 Å². The van der Waals surface area contributed by atoms with Gasteiger partial charge >= 0.3 is 0 Å². The third-order valence-electron chi connectivity index (χ3n) is 5.70. The van der Waals surface area contributed by atoms with Crippen molar-refractivity contribution in [2.75, 3.05) is 13.7 Å². The largest absolute Gasteiger partial charge is 0.494 e. The predicted octanol–water partition coefficient (Wildman–Crippen LogP) is 4.42. The van der Waals surface area contributed by atoms with Crippen LogP contribution in [0.15, 0.2) is 66.2 Å². The first-order chi connectivity index (χ1) is 14.4. The van der Waals surface area contributed by atoms with E-state index in [-0.39, 0.29) is 17.8 Å². The zero-order chi connectivity index (χ0) is 21.7. The van der Waals surface area contributed by atoms with Gasteiger partial charge in [-0.2, -0.15) is 0 Å². The minimum Gasteiger partial charge on any atom is -0.494 e. The average Bonchev–Trinajstić information content (AvgIpc) is 2.74. The number of guanidine groups is 1. The van der Waals surface area contributed by atoms with Crippen molar-refractivity contribution in [3.8, 4) is 16.9 Å². The third kappa shape index (κ3) is 4.73. The molecule has 3 rings (SSSR count). The normalized spacial score (nSPS) is 19.9. The lowest BCUT2D eigenvalue weighted by molar-refractivity contribution is -0.128. The third-order valence-corrected chi connectivity index (χ3v) is 5.70. The maximum Gasteiger partial charge on any atom is 0.231 e. The summed E-state index contributed by atoms with van der Waals surface area (Å²) < 4.78 is 5.78. The second-order valence-corrected chi connectivity index (χ2v) is 8.08. The van der Waals surface area contributed by atoms with Gasteiger partial charge in [-0.05, 0) is 48.6 Å². The predicted molar refractivity (Wildman–Crippen MR) is 122 cm³/mol. The van der Waals surface area contributed by atoms with Crippen molar-refractivity contribution in [2.45, 2.75) is 38.6 Å². The number of carbonyl (C=O) groups excluding carboxylic acids is 1. The Morgan fingerprint density at radius 2 is 1.97 bits per heavy atom. The highest BCUT2D eigenvalue weighted by Gasteiger charge is 2.39. The molecule has 5 nitrogen and oxygen atoms in total. The maximum absolute atomic E-state index is 12.4. The molecule has 2 aromatic rings. The van der Waals surface area contributed by atoms with Crippen LogP contribution in [-0.2, 0) is 11.2 Å². The van der Waals surface area contributed by atoms with E-state index >= 15 is 0 Å². The Morgan fingerprint density at radius 1 is 1.27 bits per heavy atom. The number of nitrogens with zero attached hydrogens (tertiary/aromatic N) is 2. The van der Waals surface area contributed by atoms with Gasteiger partial charge in [0.25, 0.3) is 0 Å². The van der Waals surface area contributed by atoms with E-state index in [2.05, 4.69) is 54.9 Å². The highest BCUT2D eigenvalue weighted by atomic mass is 16.5. The summed E-state index contributed by atoms with van der Waals surface area (Å²) in [6.45, 7) is 8.80. The number of benzene rings is 2. The summed E-state index contributed by atoms with van der Waals surface area (Å²) in [5, 5.41) is 0. The zero-order valence-electron chi connectivity index (χ0n) is 18.1. The fourth-order valence-corrected chi connectivity index (χ4v) is 3.82. The van der Waals surface area contributed by atoms with Crippen LogP contribution in [0.2, 0.25) is 0 Å². The van der Waals surface area contributed by atoms with Crippen LogP contribution >= 0.6 is 0 Å². The summed E-state index contributed by atoms with van der Waals surface area (Å²) in [7, 11) is 1.66. The average molecular weight is 406 g/mol. The van der Waals surface area contributed by atoms with Crippen molar-refractivity contribution < 1.29 is 9.53 Å². The topological polar surface area (TPSA) is 67.9 Å². The Morgan fingerprint density at radius 3 is 2.63 bits per heavy atom. The molecule has 0 aromatic heterocycles. The smallest absolute Gasteiger partial charge is 0.231 e. The number of amides is 1. The molecule has 5 heteroatoms. The summed E-state index contributed by atoms with van der Waals surface area (Å²) >= 11 is 0. The second kappa shape index (κ2) is 9.16. The van der Waals surface area contributed by atoms with Gasteiger partial charge in [0.05, 0.1) is 18.6 Å². The summed E-state index contributed by atoms with van der Waals surface area (Å²) in [6.07, 6.45) is 3.92. The number of aliphatic imine (C=N–C) groups is 1. The van der Waals surface area contributed by atoms with Crippen molar-refractivity contribution in [1.82, 2.24) is 4.90 Å². The Hall–Kier alpha value is -3.08. The summed E-state index contributed by atoms with van der Waals surface area (Å²) in [6, 6.07) is 16.6. The van der Waals surface area contributed by atoms with Gasteiger partial charge in [0.1, 0.15) is 5.75 Å². The molecule has 0 spiro atoms. The molecule has 2 N–H and O–H groups in total. The Kier molecular flexibility index (Phi) is 6.60. The molecule has 0 saturated carbocycles. The van der Waals surface area contributed by atoms with Gasteiger partial charge in [0, 0.05) is 13.0 Å². The molecule has 1 aliphatic heterocycles. The molecule has 0 fully saturated rings. The molecule has 1 heterocycles. The molecule has 158 valence electrons. The van der Waals surface area contributed by atoms with Crippen LogP contribution in [0.25, 0.3) is 11.1 Å². The number of hydrogen-bond acceptors (Lipinski definition) is 4. The van der Waals surface area contributed by atoms with E-state index in [1.165, 1.54) is 10.5 Å². The monoisotopic (exact) mass is 405 g/mol. The zero-order valence-corrected chi connectivity index (χ0v) is 18.1. The van der Waals surface area contributed by atoms with Crippen LogP contribution in [0, 0.1) is 5.92 Å². The van der Waals surface area contributed by atoms with Gasteiger partial charge in [-0.25, -0.2) is 4.99 Å². The van der Waals surface area contributed by atoms with Crippen LogP contribution < -0.4 is 10.5 Å². The molecule has 0 aliphatic carbocycles. The van der Waals surface area contributed by atoms with E-state index in [0.29, 0.717) is 13.0 Å². The fraction of sp³-hybridized carbons (Fsp3) is 0.360. The maximum atomic E-state index is 12.4. The molecular weight excluding hydrogens is 374 g/mol. The molecule has 0 unspecified atom stereocenters. The number of carbonyl (C=O) groups is 1. The number of ether oxygens (including phenoxy) is 1. The van der Waals surface area contributed by atoms with E-state index in [1.807, 2.05) is 25.1 Å². The molecule has 1 amide bonds. The SMILES string of the molecule is C=C[C@H](Cc1cccc(-c2cccc(OCCC)c2)c1)[C@]1(C)CC(=O)N(C)C(N)=N1. The lowest BCUT2D eigenvalue weighted by Gasteiger charge is -2.38. The van der Waals surface area contributed by atoms with Gasteiger partial charge < -0.3 is 10.5 Å². The van der Waals surface area contributed by atoms with Crippen LogP contribution in [0.4, 0.5) is 0 Å². The molecule has 0 bridgehead atoms. The minimum absolute atomic E-state index is 0.0110. The van der Waals surface area contributed by atoms with Crippen molar-refractivity contribution in [1.29, 1.82) is 0 Å². The highest BCUT2D eigenvalue weighted by molar-refractivity contribution is 5.98. The first-order valence-corrected chi connectivity index (χ1v) is 10.4. The van der Waals surface area contributed by atoms with Crippen molar-refractivity contribution in [2.24, 2.45) is 16.6 Å². The summed E-state index contributed by atoms with van der Waals surface area (Å²) in [4.78, 5) is 18.4. The second-order valence-electron chi connectivity index (χ2n) is 8.08. The van der Waals surface area contributed by atoms with Crippen LogP contribution in [-0.4, -0.2) is 36.0 Å². The summed E-state index contributed by atoms with van der Waals surface area (Å²) in [5.74, 6) is 1.11. The lowest BCUT2D eigenvalue weighted by Crippen LogP contribution is -2.51. The molecule has 2 atom stereocenters. The molecule has 0 radical (unpaired) electrons. The van der Waals surface area contributed by atoms with Crippen LogP contribution in [0.1, 0.15) is 32.3 Å². The molecule has 30 heavy (non-hydrogen) atoms. The number of rotatable bonds is 8. The molecule has 2 aromatic carbocycles. The van der Waals surface area contributed by atoms with E-state index in [9.17, 15) is 4.79 Å². The Balaban J connectivity index is 1.84. The molecule has 0 saturated heterocycles. The molecular formula is C25H31N3O2. The lowest BCUT2D eigenvalue weighted by atomic mass is 9.78. The van der Waals surface area contributed by atoms with Gasteiger partial charge in [0.15, 0.2) is 5.96 Å². The quantitative estimate of drug-likeness (QED) is 0.661. The first-order valence-electron chi connectivity index (χ1n) is 10.4. The Bertz CT molecular complexity index is 953. The van der Waals surface area contributed by atoms with E-state index < -0.39 is 5.54 Å². The van der Waals surface area contributed by atoms with Gasteiger partial charge in [-0.1, -0.05) is 49.4 Å². The molecule has 1 aliphatic rings. The van der Waals surface area contributed by atoms with E-state index in [0.717, 1.165) is 29.7 Å². The van der Waals surface area contributed by atoms with Crippen molar-refractivity contribution in [3.05, 3.63) is 66.7 Å². The fourth-order valence-electron chi connectivity index (χ4n) is 3.82. The van der Waals surface area contributed by atoms with E-state index in [4.69, 9.17) is 10.5 Å². The van der Waals surface area contributed by atoms with Crippen molar-refractivity contribution >= 4 is 11.9 Å². The van der Waals surface area contributed by atoms with E-state index in [1.54, 1.807) is 7.05 Å². The number of nitrogens with two attached hydrogens (primary N) is 1. The van der Waals surface area contributed by atoms with Gasteiger partial charge in [0.2, 0.25) is 5.91 Å². The van der Waals surface area contributed by atoms with Gasteiger partial charge in [-0.15, -0.1) is 6.58 Å².